The van der Waals surface area contributed by atoms with Crippen LogP contribution in [-0.2, 0) is 11.2 Å². The quantitative estimate of drug-likeness (QED) is 0.601. The van der Waals surface area contributed by atoms with E-state index in [0.717, 1.165) is 11.1 Å². The molecule has 8 heteroatoms. The second-order valence-electron chi connectivity index (χ2n) is 6.76. The van der Waals surface area contributed by atoms with Crippen LogP contribution in [0.5, 0.6) is 11.5 Å². The Labute approximate surface area is 161 Å². The molecule has 144 valence electrons. The van der Waals surface area contributed by atoms with Gasteiger partial charge in [0.25, 0.3) is 5.69 Å². The van der Waals surface area contributed by atoms with E-state index in [1.54, 1.807) is 19.1 Å². The Morgan fingerprint density at radius 3 is 2.57 bits per heavy atom. The number of carbonyl (C=O) groups excluding carboxylic acids is 1. The zero-order valence-electron chi connectivity index (χ0n) is 15.5. The Kier molecular flexibility index (Phi) is 4.46. The van der Waals surface area contributed by atoms with E-state index in [1.165, 1.54) is 17.1 Å². The molecule has 0 aromatic heterocycles. The van der Waals surface area contributed by atoms with Crippen molar-refractivity contribution in [3.05, 3.63) is 63.2 Å². The molecule has 4 rings (SSSR count). The van der Waals surface area contributed by atoms with Crippen LogP contribution < -0.4 is 9.47 Å². The smallest absolute Gasteiger partial charge is 0.269 e. The van der Waals surface area contributed by atoms with Gasteiger partial charge in [0.1, 0.15) is 0 Å². The number of nitro benzene ring substituents is 1. The number of benzene rings is 2. The summed E-state index contributed by atoms with van der Waals surface area (Å²) in [5, 5.41) is 17.2. The summed E-state index contributed by atoms with van der Waals surface area (Å²) in [6, 6.07) is 9.82. The van der Waals surface area contributed by atoms with Gasteiger partial charge in [-0.05, 0) is 43.2 Å². The van der Waals surface area contributed by atoms with Crippen molar-refractivity contribution < 1.29 is 19.2 Å². The van der Waals surface area contributed by atoms with E-state index < -0.39 is 4.92 Å². The second kappa shape index (κ2) is 6.95. The van der Waals surface area contributed by atoms with Crippen LogP contribution in [0.2, 0.25) is 0 Å². The third-order valence-electron chi connectivity index (χ3n) is 4.90. The Morgan fingerprint density at radius 1 is 1.25 bits per heavy atom. The number of hydrogen-bond acceptors (Lipinski definition) is 6. The van der Waals surface area contributed by atoms with E-state index in [0.29, 0.717) is 35.6 Å². The number of carbonyl (C=O) groups is 1. The highest BCUT2D eigenvalue weighted by Gasteiger charge is 2.29. The van der Waals surface area contributed by atoms with Gasteiger partial charge in [0.05, 0.1) is 16.7 Å². The SMILES string of the molecule is CCC(=O)N1N=C(c2ccc([N+](=O)[O-])cc2)c2cc3c(cc2CC1C)OCO3. The van der Waals surface area contributed by atoms with E-state index in [9.17, 15) is 14.9 Å². The molecule has 1 amide bonds. The van der Waals surface area contributed by atoms with Crippen LogP contribution >= 0.6 is 0 Å². The summed E-state index contributed by atoms with van der Waals surface area (Å²) in [5.74, 6) is 1.21. The molecule has 0 radical (unpaired) electrons. The minimum Gasteiger partial charge on any atom is -0.454 e. The topological polar surface area (TPSA) is 94.3 Å². The van der Waals surface area contributed by atoms with E-state index in [-0.39, 0.29) is 24.4 Å². The van der Waals surface area contributed by atoms with Gasteiger partial charge < -0.3 is 9.47 Å². The molecule has 8 nitrogen and oxygen atoms in total. The maximum atomic E-state index is 12.5. The largest absolute Gasteiger partial charge is 0.454 e. The molecule has 2 aromatic carbocycles. The Hall–Kier alpha value is -3.42. The van der Waals surface area contributed by atoms with E-state index in [1.807, 2.05) is 19.1 Å². The maximum absolute atomic E-state index is 12.5. The van der Waals surface area contributed by atoms with Crippen molar-refractivity contribution >= 4 is 17.3 Å². The van der Waals surface area contributed by atoms with Gasteiger partial charge in [-0.15, -0.1) is 0 Å². The van der Waals surface area contributed by atoms with Crippen LogP contribution in [0.4, 0.5) is 5.69 Å². The van der Waals surface area contributed by atoms with E-state index >= 15 is 0 Å². The number of non-ortho nitro benzene ring substituents is 1. The van der Waals surface area contributed by atoms with Gasteiger partial charge in [-0.1, -0.05) is 6.92 Å². The summed E-state index contributed by atoms with van der Waals surface area (Å²) in [4.78, 5) is 23.0. The first-order chi connectivity index (χ1) is 13.5. The Balaban J connectivity index is 1.88. The van der Waals surface area contributed by atoms with Gasteiger partial charge in [0.2, 0.25) is 12.7 Å². The van der Waals surface area contributed by atoms with E-state index in [2.05, 4.69) is 5.10 Å². The first-order valence-corrected chi connectivity index (χ1v) is 9.06. The minimum atomic E-state index is -0.445. The molecule has 0 spiro atoms. The first kappa shape index (κ1) is 18.0. The van der Waals surface area contributed by atoms with Crippen LogP contribution in [0.1, 0.15) is 37.0 Å². The number of hydrazone groups is 1. The predicted octanol–water partition coefficient (Wildman–Crippen LogP) is 3.26. The lowest BCUT2D eigenvalue weighted by Crippen LogP contribution is -2.34. The molecule has 1 unspecified atom stereocenters. The van der Waals surface area contributed by atoms with Crippen molar-refractivity contribution in [1.82, 2.24) is 5.01 Å². The molecule has 2 aliphatic heterocycles. The lowest BCUT2D eigenvalue weighted by Gasteiger charge is -2.22. The highest BCUT2D eigenvalue weighted by atomic mass is 16.7. The molecule has 2 aliphatic rings. The fraction of sp³-hybridized carbons (Fsp3) is 0.300. The molecular weight excluding hydrogens is 362 g/mol. The zero-order valence-corrected chi connectivity index (χ0v) is 15.5. The fourth-order valence-electron chi connectivity index (χ4n) is 3.46. The molecule has 2 heterocycles. The van der Waals surface area contributed by atoms with Crippen molar-refractivity contribution in [2.24, 2.45) is 5.10 Å². The van der Waals surface area contributed by atoms with Gasteiger partial charge in [0.15, 0.2) is 11.5 Å². The third-order valence-corrected chi connectivity index (χ3v) is 4.90. The summed E-state index contributed by atoms with van der Waals surface area (Å²) in [5.41, 5.74) is 3.08. The molecular formula is C20H19N3O5. The van der Waals surface area contributed by atoms with Crippen LogP contribution in [0.25, 0.3) is 0 Å². The highest BCUT2D eigenvalue weighted by molar-refractivity contribution is 6.14. The molecule has 0 saturated carbocycles. The van der Waals surface area contributed by atoms with Crippen molar-refractivity contribution in [2.75, 3.05) is 6.79 Å². The molecule has 1 atom stereocenters. The minimum absolute atomic E-state index is 0.00117. The Morgan fingerprint density at radius 2 is 1.93 bits per heavy atom. The number of ether oxygens (including phenoxy) is 2. The van der Waals surface area contributed by atoms with Crippen LogP contribution in [0, 0.1) is 10.1 Å². The average molecular weight is 381 g/mol. The molecule has 0 bridgehead atoms. The first-order valence-electron chi connectivity index (χ1n) is 9.06. The number of amides is 1. The van der Waals surface area contributed by atoms with Crippen molar-refractivity contribution in [2.45, 2.75) is 32.7 Å². The van der Waals surface area contributed by atoms with Crippen molar-refractivity contribution in [1.29, 1.82) is 0 Å². The number of nitro groups is 1. The maximum Gasteiger partial charge on any atom is 0.269 e. The molecule has 0 aliphatic carbocycles. The summed E-state index contributed by atoms with van der Waals surface area (Å²) < 4.78 is 11.0. The summed E-state index contributed by atoms with van der Waals surface area (Å²) in [6.45, 7) is 3.91. The number of fused-ring (bicyclic) bond motifs is 2. The van der Waals surface area contributed by atoms with Crippen molar-refractivity contribution in [3.8, 4) is 11.5 Å². The highest BCUT2D eigenvalue weighted by Crippen LogP contribution is 2.37. The van der Waals surface area contributed by atoms with Crippen LogP contribution in [-0.4, -0.2) is 34.4 Å². The van der Waals surface area contributed by atoms with Crippen molar-refractivity contribution in [3.63, 3.8) is 0 Å². The molecule has 0 saturated heterocycles. The van der Waals surface area contributed by atoms with Gasteiger partial charge in [-0.2, -0.15) is 5.10 Å². The zero-order chi connectivity index (χ0) is 19.8. The number of nitrogens with zero attached hydrogens (tertiary/aromatic N) is 3. The number of hydrogen-bond donors (Lipinski definition) is 0. The van der Waals surface area contributed by atoms with Gasteiger partial charge in [-0.3, -0.25) is 14.9 Å². The molecule has 0 fully saturated rings. The van der Waals surface area contributed by atoms with Gasteiger partial charge in [-0.25, -0.2) is 5.01 Å². The molecule has 2 aromatic rings. The molecule has 0 N–H and O–H groups in total. The third kappa shape index (κ3) is 3.06. The average Bonchev–Trinajstić information content (AvgIpc) is 3.09. The fourth-order valence-corrected chi connectivity index (χ4v) is 3.46. The Bertz CT molecular complexity index is 984. The summed E-state index contributed by atoms with van der Waals surface area (Å²) in [7, 11) is 0. The molecule has 28 heavy (non-hydrogen) atoms. The summed E-state index contributed by atoms with van der Waals surface area (Å²) in [6.07, 6.45) is 0.943. The second-order valence-corrected chi connectivity index (χ2v) is 6.76. The predicted molar refractivity (Wildman–Crippen MR) is 102 cm³/mol. The normalized spacial score (nSPS) is 17.6. The van der Waals surface area contributed by atoms with Gasteiger partial charge >= 0.3 is 0 Å². The monoisotopic (exact) mass is 381 g/mol. The lowest BCUT2D eigenvalue weighted by molar-refractivity contribution is -0.384. The van der Waals surface area contributed by atoms with Crippen LogP contribution in [0.3, 0.4) is 0 Å². The standard InChI is InChI=1S/C20H19N3O5/c1-3-19(24)22-12(2)8-14-9-17-18(28-11-27-17)10-16(14)20(21-22)13-4-6-15(7-5-13)23(25)26/h4-7,9-10,12H,3,8,11H2,1-2H3. The number of rotatable bonds is 3. The lowest BCUT2D eigenvalue weighted by atomic mass is 9.94. The van der Waals surface area contributed by atoms with E-state index in [4.69, 9.17) is 9.47 Å². The van der Waals surface area contributed by atoms with Gasteiger partial charge in [0, 0.05) is 29.7 Å². The summed E-state index contributed by atoms with van der Waals surface area (Å²) >= 11 is 0. The van der Waals surface area contributed by atoms with Crippen LogP contribution in [0.15, 0.2) is 41.5 Å².